The van der Waals surface area contributed by atoms with Crippen molar-refractivity contribution in [3.63, 3.8) is 0 Å². The Morgan fingerprint density at radius 1 is 0.938 bits per heavy atom. The van der Waals surface area contributed by atoms with E-state index >= 15 is 0 Å². The van der Waals surface area contributed by atoms with Crippen LogP contribution >= 0.6 is 11.6 Å². The lowest BCUT2D eigenvalue weighted by Crippen LogP contribution is -1.85. The predicted molar refractivity (Wildman–Crippen MR) is 70.9 cm³/mol. The molecule has 0 nitrogen and oxygen atoms in total. The first kappa shape index (κ1) is 11.2. The summed E-state index contributed by atoms with van der Waals surface area (Å²) in [6.45, 7) is 4.27. The SMILES string of the molecule is Cc1ccc(-c2ccc(CCl)cc2)c(C)c1. The van der Waals surface area contributed by atoms with E-state index in [0.717, 1.165) is 5.56 Å². The van der Waals surface area contributed by atoms with Gasteiger partial charge < -0.3 is 0 Å². The van der Waals surface area contributed by atoms with Gasteiger partial charge in [0, 0.05) is 5.88 Å². The van der Waals surface area contributed by atoms with Crippen LogP contribution in [0.2, 0.25) is 0 Å². The van der Waals surface area contributed by atoms with Crippen molar-refractivity contribution in [1.82, 2.24) is 0 Å². The van der Waals surface area contributed by atoms with Crippen molar-refractivity contribution < 1.29 is 0 Å². The summed E-state index contributed by atoms with van der Waals surface area (Å²) in [5.74, 6) is 0.577. The molecular weight excluding hydrogens is 216 g/mol. The van der Waals surface area contributed by atoms with E-state index in [1.807, 2.05) is 0 Å². The monoisotopic (exact) mass is 230 g/mol. The topological polar surface area (TPSA) is 0 Å². The summed E-state index contributed by atoms with van der Waals surface area (Å²) in [4.78, 5) is 0. The first-order valence-electron chi connectivity index (χ1n) is 5.43. The van der Waals surface area contributed by atoms with Gasteiger partial charge in [-0.1, -0.05) is 48.0 Å². The van der Waals surface area contributed by atoms with Crippen LogP contribution in [0.25, 0.3) is 11.1 Å². The lowest BCUT2D eigenvalue weighted by atomic mass is 9.98. The highest BCUT2D eigenvalue weighted by Gasteiger charge is 2.01. The van der Waals surface area contributed by atoms with Gasteiger partial charge in [0.2, 0.25) is 0 Å². The molecule has 0 radical (unpaired) electrons. The molecular formula is C15H15Cl. The van der Waals surface area contributed by atoms with Gasteiger partial charge in [-0.3, -0.25) is 0 Å². The van der Waals surface area contributed by atoms with Gasteiger partial charge >= 0.3 is 0 Å². The second-order valence-electron chi connectivity index (χ2n) is 4.15. The molecule has 2 aromatic rings. The van der Waals surface area contributed by atoms with Crippen LogP contribution < -0.4 is 0 Å². The van der Waals surface area contributed by atoms with Crippen molar-refractivity contribution in [1.29, 1.82) is 0 Å². The van der Waals surface area contributed by atoms with Crippen molar-refractivity contribution in [3.8, 4) is 11.1 Å². The molecule has 0 aliphatic carbocycles. The van der Waals surface area contributed by atoms with Gasteiger partial charge in [-0.2, -0.15) is 0 Å². The summed E-state index contributed by atoms with van der Waals surface area (Å²) in [7, 11) is 0. The third-order valence-electron chi connectivity index (χ3n) is 2.80. The molecule has 0 unspecified atom stereocenters. The average molecular weight is 231 g/mol. The van der Waals surface area contributed by atoms with E-state index in [0.29, 0.717) is 5.88 Å². The minimum Gasteiger partial charge on any atom is -0.122 e. The molecule has 0 aliphatic heterocycles. The maximum absolute atomic E-state index is 5.78. The van der Waals surface area contributed by atoms with Crippen LogP contribution in [0.5, 0.6) is 0 Å². The smallest absolute Gasteiger partial charge is 0.0474 e. The Morgan fingerprint density at radius 2 is 1.62 bits per heavy atom. The zero-order valence-corrected chi connectivity index (χ0v) is 10.4. The second-order valence-corrected chi connectivity index (χ2v) is 4.42. The highest BCUT2D eigenvalue weighted by atomic mass is 35.5. The van der Waals surface area contributed by atoms with Gasteiger partial charge in [0.1, 0.15) is 0 Å². The molecule has 0 aliphatic rings. The minimum absolute atomic E-state index is 0.577. The Morgan fingerprint density at radius 3 is 2.19 bits per heavy atom. The Labute approximate surface area is 102 Å². The molecule has 82 valence electrons. The molecule has 0 amide bonds. The summed E-state index contributed by atoms with van der Waals surface area (Å²) < 4.78 is 0. The van der Waals surface area contributed by atoms with Crippen LogP contribution in [-0.4, -0.2) is 0 Å². The Balaban J connectivity index is 2.42. The van der Waals surface area contributed by atoms with Crippen molar-refractivity contribution >= 4 is 11.6 Å². The molecule has 0 saturated heterocycles. The third-order valence-corrected chi connectivity index (χ3v) is 3.11. The first-order valence-corrected chi connectivity index (χ1v) is 5.96. The van der Waals surface area contributed by atoms with Crippen LogP contribution in [0.1, 0.15) is 16.7 Å². The number of aryl methyl sites for hydroxylation is 2. The zero-order valence-electron chi connectivity index (χ0n) is 9.63. The van der Waals surface area contributed by atoms with E-state index in [1.54, 1.807) is 0 Å². The lowest BCUT2D eigenvalue weighted by molar-refractivity contribution is 1.36. The van der Waals surface area contributed by atoms with Gasteiger partial charge in [0.25, 0.3) is 0 Å². The molecule has 1 heteroatoms. The standard InChI is InChI=1S/C15H15Cl/c1-11-3-8-15(12(2)9-11)14-6-4-13(10-16)5-7-14/h3-9H,10H2,1-2H3. The summed E-state index contributed by atoms with van der Waals surface area (Å²) >= 11 is 5.78. The number of halogens is 1. The van der Waals surface area contributed by atoms with Crippen LogP contribution in [0.4, 0.5) is 0 Å². The average Bonchev–Trinajstić information content (AvgIpc) is 2.29. The molecule has 0 heterocycles. The lowest BCUT2D eigenvalue weighted by Gasteiger charge is -2.07. The summed E-state index contributed by atoms with van der Waals surface area (Å²) in [6, 6.07) is 15.0. The fourth-order valence-electron chi connectivity index (χ4n) is 1.91. The Hall–Kier alpha value is -1.27. The van der Waals surface area contributed by atoms with E-state index in [4.69, 9.17) is 11.6 Å². The molecule has 0 N–H and O–H groups in total. The van der Waals surface area contributed by atoms with Gasteiger partial charge in [0.05, 0.1) is 0 Å². The molecule has 0 aromatic heterocycles. The number of hydrogen-bond acceptors (Lipinski definition) is 0. The quantitative estimate of drug-likeness (QED) is 0.656. The van der Waals surface area contributed by atoms with Crippen molar-refractivity contribution in [2.24, 2.45) is 0 Å². The highest BCUT2D eigenvalue weighted by molar-refractivity contribution is 6.17. The number of benzene rings is 2. The molecule has 2 aromatic carbocycles. The fourth-order valence-corrected chi connectivity index (χ4v) is 2.09. The first-order chi connectivity index (χ1) is 7.70. The van der Waals surface area contributed by atoms with Gasteiger partial charge in [0.15, 0.2) is 0 Å². The Kier molecular flexibility index (Phi) is 3.31. The van der Waals surface area contributed by atoms with Crippen LogP contribution in [0, 0.1) is 13.8 Å². The van der Waals surface area contributed by atoms with Crippen molar-refractivity contribution in [2.45, 2.75) is 19.7 Å². The summed E-state index contributed by atoms with van der Waals surface area (Å²) in [5.41, 5.74) is 6.34. The molecule has 16 heavy (non-hydrogen) atoms. The van der Waals surface area contributed by atoms with Crippen molar-refractivity contribution in [3.05, 3.63) is 59.2 Å². The van der Waals surface area contributed by atoms with Gasteiger partial charge in [-0.25, -0.2) is 0 Å². The second kappa shape index (κ2) is 4.71. The van der Waals surface area contributed by atoms with Crippen LogP contribution in [0.3, 0.4) is 0 Å². The predicted octanol–water partition coefficient (Wildman–Crippen LogP) is 4.71. The number of rotatable bonds is 2. The minimum atomic E-state index is 0.577. The summed E-state index contributed by atoms with van der Waals surface area (Å²) in [5, 5.41) is 0. The number of alkyl halides is 1. The normalized spacial score (nSPS) is 10.4. The molecule has 2 rings (SSSR count). The maximum Gasteiger partial charge on any atom is 0.0474 e. The Bertz CT molecular complexity index is 483. The number of hydrogen-bond donors (Lipinski definition) is 0. The van der Waals surface area contributed by atoms with E-state index in [-0.39, 0.29) is 0 Å². The van der Waals surface area contributed by atoms with Crippen LogP contribution in [0.15, 0.2) is 42.5 Å². The summed E-state index contributed by atoms with van der Waals surface area (Å²) in [6.07, 6.45) is 0. The zero-order chi connectivity index (χ0) is 11.5. The van der Waals surface area contributed by atoms with E-state index in [1.165, 1.54) is 22.3 Å². The van der Waals surface area contributed by atoms with E-state index in [2.05, 4.69) is 56.3 Å². The maximum atomic E-state index is 5.78. The van der Waals surface area contributed by atoms with Crippen LogP contribution in [-0.2, 0) is 5.88 Å². The largest absolute Gasteiger partial charge is 0.122 e. The molecule has 0 spiro atoms. The van der Waals surface area contributed by atoms with E-state index < -0.39 is 0 Å². The molecule has 0 fully saturated rings. The molecule has 0 bridgehead atoms. The fraction of sp³-hybridized carbons (Fsp3) is 0.200. The molecule has 0 saturated carbocycles. The van der Waals surface area contributed by atoms with Gasteiger partial charge in [-0.15, -0.1) is 11.6 Å². The van der Waals surface area contributed by atoms with Crippen molar-refractivity contribution in [2.75, 3.05) is 0 Å². The third kappa shape index (κ3) is 2.28. The van der Waals surface area contributed by atoms with E-state index in [9.17, 15) is 0 Å². The van der Waals surface area contributed by atoms with Gasteiger partial charge in [-0.05, 0) is 36.1 Å². The highest BCUT2D eigenvalue weighted by Crippen LogP contribution is 2.24. The molecule has 0 atom stereocenters.